The van der Waals surface area contributed by atoms with E-state index in [1.54, 1.807) is 54.6 Å². The van der Waals surface area contributed by atoms with Crippen molar-refractivity contribution in [3.05, 3.63) is 106 Å². The van der Waals surface area contributed by atoms with Gasteiger partial charge in [-0.2, -0.15) is 5.26 Å². The van der Waals surface area contributed by atoms with Crippen LogP contribution in [0.4, 0.5) is 4.39 Å². The first kappa shape index (κ1) is 22.0. The van der Waals surface area contributed by atoms with Crippen molar-refractivity contribution in [1.29, 1.82) is 5.26 Å². The van der Waals surface area contributed by atoms with Gasteiger partial charge < -0.3 is 10.6 Å². The summed E-state index contributed by atoms with van der Waals surface area (Å²) in [7, 11) is 0. The number of carbonyl (C=O) groups excluding carboxylic acids is 2. The van der Waals surface area contributed by atoms with Crippen LogP contribution in [0.1, 0.15) is 40.0 Å². The van der Waals surface area contributed by atoms with Crippen molar-refractivity contribution in [2.45, 2.75) is 18.5 Å². The highest BCUT2D eigenvalue weighted by Crippen LogP contribution is 2.22. The van der Waals surface area contributed by atoms with E-state index in [0.717, 1.165) is 0 Å². The van der Waals surface area contributed by atoms with Gasteiger partial charge in [-0.15, -0.1) is 0 Å². The molecule has 2 amide bonds. The predicted molar refractivity (Wildman–Crippen MR) is 116 cm³/mol. The molecule has 0 aromatic heterocycles. The van der Waals surface area contributed by atoms with Gasteiger partial charge in [-0.05, 0) is 23.8 Å². The summed E-state index contributed by atoms with van der Waals surface area (Å²) in [5.74, 6) is -1.53. The van der Waals surface area contributed by atoms with Crippen molar-refractivity contribution in [1.82, 2.24) is 10.6 Å². The van der Waals surface area contributed by atoms with Crippen LogP contribution in [0.2, 0.25) is 5.02 Å². The monoisotopic (exact) mass is 435 g/mol. The predicted octanol–water partition coefficient (Wildman–Crippen LogP) is 4.72. The maximum Gasteiger partial charge on any atom is 0.253 e. The second-order valence-electron chi connectivity index (χ2n) is 6.77. The number of nitrogens with zero attached hydrogens (tertiary/aromatic N) is 1. The number of rotatable bonds is 7. The van der Waals surface area contributed by atoms with Crippen LogP contribution >= 0.6 is 11.6 Å². The average molecular weight is 436 g/mol. The van der Waals surface area contributed by atoms with Gasteiger partial charge in [0.2, 0.25) is 5.91 Å². The van der Waals surface area contributed by atoms with Crippen molar-refractivity contribution in [3.63, 3.8) is 0 Å². The molecule has 0 aliphatic heterocycles. The summed E-state index contributed by atoms with van der Waals surface area (Å²) < 4.78 is 14.0. The average Bonchev–Trinajstić information content (AvgIpc) is 2.78. The molecular formula is C24H19ClFN3O2. The Morgan fingerprint density at radius 2 is 1.58 bits per heavy atom. The van der Waals surface area contributed by atoms with Gasteiger partial charge >= 0.3 is 0 Å². The highest BCUT2D eigenvalue weighted by molar-refractivity contribution is 6.33. The Kier molecular flexibility index (Phi) is 7.36. The third-order valence-corrected chi connectivity index (χ3v) is 5.00. The van der Waals surface area contributed by atoms with E-state index in [-0.39, 0.29) is 17.5 Å². The minimum absolute atomic E-state index is 0.0784. The second-order valence-corrected chi connectivity index (χ2v) is 7.18. The van der Waals surface area contributed by atoms with E-state index in [1.165, 1.54) is 18.2 Å². The first-order valence-electron chi connectivity index (χ1n) is 9.53. The van der Waals surface area contributed by atoms with Crippen molar-refractivity contribution in [2.75, 3.05) is 0 Å². The fourth-order valence-corrected chi connectivity index (χ4v) is 3.33. The number of nitrogens with one attached hydrogen (secondary N) is 2. The van der Waals surface area contributed by atoms with Crippen LogP contribution in [0.3, 0.4) is 0 Å². The van der Waals surface area contributed by atoms with Gasteiger partial charge in [0.05, 0.1) is 29.1 Å². The Balaban J connectivity index is 1.78. The summed E-state index contributed by atoms with van der Waals surface area (Å²) in [5, 5.41) is 15.1. The maximum atomic E-state index is 14.0. The zero-order valence-corrected chi connectivity index (χ0v) is 17.1. The van der Waals surface area contributed by atoms with E-state index in [1.807, 2.05) is 12.1 Å². The molecule has 0 aliphatic carbocycles. The fraction of sp³-hybridized carbons (Fsp3) is 0.125. The molecule has 156 valence electrons. The normalized spacial score (nSPS) is 12.3. The summed E-state index contributed by atoms with van der Waals surface area (Å²) in [5.41, 5.74) is 1.07. The highest BCUT2D eigenvalue weighted by Gasteiger charge is 2.23. The minimum Gasteiger partial charge on any atom is -0.345 e. The molecule has 0 radical (unpaired) electrons. The molecule has 3 rings (SSSR count). The van der Waals surface area contributed by atoms with Crippen LogP contribution < -0.4 is 10.6 Å². The SMILES string of the molecule is N#CC(NC(=O)CC(NC(=O)c1ccccc1Cl)c1ccccc1)c1ccccc1F. The molecule has 7 heteroatoms. The third-order valence-electron chi connectivity index (χ3n) is 4.67. The zero-order valence-electron chi connectivity index (χ0n) is 16.4. The number of hydrogen-bond acceptors (Lipinski definition) is 3. The standard InChI is InChI=1S/C24H19ClFN3O2/c25-19-12-6-4-10-17(19)24(31)29-21(16-8-2-1-3-9-16)14-23(30)28-22(15-27)18-11-5-7-13-20(18)26/h1-13,21-22H,14H2,(H,28,30)(H,29,31). The molecule has 5 nitrogen and oxygen atoms in total. The Labute approximate surface area is 184 Å². The number of halogens is 2. The Hall–Kier alpha value is -3.69. The van der Waals surface area contributed by atoms with Crippen molar-refractivity contribution in [2.24, 2.45) is 0 Å². The topological polar surface area (TPSA) is 82.0 Å². The summed E-state index contributed by atoms with van der Waals surface area (Å²) in [6.07, 6.45) is -0.146. The van der Waals surface area contributed by atoms with Gasteiger partial charge in [-0.3, -0.25) is 9.59 Å². The molecule has 0 spiro atoms. The first-order valence-corrected chi connectivity index (χ1v) is 9.91. The third kappa shape index (κ3) is 5.68. The number of amides is 2. The van der Waals surface area contributed by atoms with Crippen LogP contribution in [-0.4, -0.2) is 11.8 Å². The summed E-state index contributed by atoms with van der Waals surface area (Å²) in [4.78, 5) is 25.4. The lowest BCUT2D eigenvalue weighted by Gasteiger charge is -2.20. The molecule has 31 heavy (non-hydrogen) atoms. The molecule has 3 aromatic carbocycles. The number of hydrogen-bond donors (Lipinski definition) is 2. The molecule has 2 atom stereocenters. The van der Waals surface area contributed by atoms with E-state index in [9.17, 15) is 19.2 Å². The van der Waals surface area contributed by atoms with Crippen molar-refractivity contribution in [3.8, 4) is 6.07 Å². The fourth-order valence-electron chi connectivity index (χ4n) is 3.11. The molecule has 0 aliphatic rings. The summed E-state index contributed by atoms with van der Waals surface area (Å²) in [6, 6.07) is 21.4. The first-order chi connectivity index (χ1) is 15.0. The number of benzene rings is 3. The lowest BCUT2D eigenvalue weighted by molar-refractivity contribution is -0.122. The molecule has 0 fully saturated rings. The van der Waals surface area contributed by atoms with E-state index in [2.05, 4.69) is 10.6 Å². The molecule has 2 unspecified atom stereocenters. The lowest BCUT2D eigenvalue weighted by Crippen LogP contribution is -2.35. The van der Waals surface area contributed by atoms with E-state index in [4.69, 9.17) is 11.6 Å². The summed E-state index contributed by atoms with van der Waals surface area (Å²) in [6.45, 7) is 0. The van der Waals surface area contributed by atoms with Gasteiger partial charge in [0.1, 0.15) is 11.9 Å². The number of nitriles is 1. The smallest absolute Gasteiger partial charge is 0.253 e. The van der Waals surface area contributed by atoms with Gasteiger partial charge in [0, 0.05) is 5.56 Å². The van der Waals surface area contributed by atoms with Gasteiger partial charge in [0.25, 0.3) is 5.91 Å². The second kappa shape index (κ2) is 10.4. The van der Waals surface area contributed by atoms with E-state index < -0.39 is 29.7 Å². The molecule has 2 N–H and O–H groups in total. The lowest BCUT2D eigenvalue weighted by atomic mass is 10.0. The zero-order chi connectivity index (χ0) is 22.2. The maximum absolute atomic E-state index is 14.0. The van der Waals surface area contributed by atoms with Crippen LogP contribution in [0.25, 0.3) is 0 Å². The van der Waals surface area contributed by atoms with Crippen molar-refractivity contribution < 1.29 is 14.0 Å². The van der Waals surface area contributed by atoms with Crippen LogP contribution in [0, 0.1) is 17.1 Å². The summed E-state index contributed by atoms with van der Waals surface area (Å²) >= 11 is 6.11. The number of carbonyl (C=O) groups is 2. The molecule has 0 heterocycles. The Morgan fingerprint density at radius 3 is 2.26 bits per heavy atom. The van der Waals surface area contributed by atoms with Crippen LogP contribution in [0.15, 0.2) is 78.9 Å². The molecule has 0 saturated carbocycles. The van der Waals surface area contributed by atoms with E-state index >= 15 is 0 Å². The minimum atomic E-state index is -1.15. The molecule has 0 saturated heterocycles. The van der Waals surface area contributed by atoms with Gasteiger partial charge in [-0.25, -0.2) is 4.39 Å². The van der Waals surface area contributed by atoms with Gasteiger partial charge in [0.15, 0.2) is 0 Å². The molecule has 0 bridgehead atoms. The van der Waals surface area contributed by atoms with Gasteiger partial charge in [-0.1, -0.05) is 72.3 Å². The molecular weight excluding hydrogens is 417 g/mol. The Morgan fingerprint density at radius 1 is 0.935 bits per heavy atom. The van der Waals surface area contributed by atoms with Crippen LogP contribution in [0.5, 0.6) is 0 Å². The van der Waals surface area contributed by atoms with Crippen LogP contribution in [-0.2, 0) is 4.79 Å². The largest absolute Gasteiger partial charge is 0.345 e. The van der Waals surface area contributed by atoms with Crippen molar-refractivity contribution >= 4 is 23.4 Å². The van der Waals surface area contributed by atoms with E-state index in [0.29, 0.717) is 10.6 Å². The highest BCUT2D eigenvalue weighted by atomic mass is 35.5. The molecule has 3 aromatic rings. The quantitative estimate of drug-likeness (QED) is 0.563. The Bertz CT molecular complexity index is 1120.